The first-order valence-corrected chi connectivity index (χ1v) is 7.85. The Morgan fingerprint density at radius 1 is 1.33 bits per heavy atom. The molecule has 2 aliphatic heterocycles. The van der Waals surface area contributed by atoms with Gasteiger partial charge in [0.15, 0.2) is 0 Å². The predicted octanol–water partition coefficient (Wildman–Crippen LogP) is 1.88. The van der Waals surface area contributed by atoms with E-state index in [1.807, 2.05) is 12.1 Å². The lowest BCUT2D eigenvalue weighted by Crippen LogP contribution is -2.39. The Labute approximate surface area is 126 Å². The fraction of sp³-hybridized carbons (Fsp3) is 0.588. The van der Waals surface area contributed by atoms with Crippen molar-refractivity contribution in [2.24, 2.45) is 5.41 Å². The molecule has 0 aromatic heterocycles. The minimum absolute atomic E-state index is 0.0380. The summed E-state index contributed by atoms with van der Waals surface area (Å²) in [5.74, 6) is 0.0380. The van der Waals surface area contributed by atoms with Crippen LogP contribution in [0.3, 0.4) is 0 Å². The van der Waals surface area contributed by atoms with E-state index in [1.54, 1.807) is 0 Å². The maximum absolute atomic E-state index is 12.4. The summed E-state index contributed by atoms with van der Waals surface area (Å²) >= 11 is 0. The largest absolute Gasteiger partial charge is 0.381 e. The van der Waals surface area contributed by atoms with Crippen LogP contribution < -0.4 is 10.6 Å². The molecule has 2 N–H and O–H groups in total. The van der Waals surface area contributed by atoms with Crippen molar-refractivity contribution in [1.29, 1.82) is 0 Å². The molecule has 0 aliphatic carbocycles. The number of rotatable bonds is 3. The van der Waals surface area contributed by atoms with Crippen LogP contribution in [0.5, 0.6) is 0 Å². The molecule has 0 saturated carbocycles. The number of fused-ring (bicyclic) bond motifs is 1. The molecule has 21 heavy (non-hydrogen) atoms. The Kier molecular flexibility index (Phi) is 4.27. The van der Waals surface area contributed by atoms with Gasteiger partial charge in [-0.2, -0.15) is 0 Å². The number of carbonyl (C=O) groups excluding carboxylic acids is 1. The van der Waals surface area contributed by atoms with Crippen molar-refractivity contribution in [2.45, 2.75) is 32.7 Å². The van der Waals surface area contributed by atoms with E-state index in [0.29, 0.717) is 0 Å². The van der Waals surface area contributed by atoms with Crippen LogP contribution in [-0.4, -0.2) is 32.2 Å². The van der Waals surface area contributed by atoms with Crippen molar-refractivity contribution in [3.63, 3.8) is 0 Å². The topological polar surface area (TPSA) is 50.4 Å². The molecule has 0 spiro atoms. The predicted molar refractivity (Wildman–Crippen MR) is 82.3 cm³/mol. The number of carbonyl (C=O) groups is 1. The second-order valence-corrected chi connectivity index (χ2v) is 6.52. The van der Waals surface area contributed by atoms with Crippen molar-refractivity contribution in [3.05, 3.63) is 34.9 Å². The van der Waals surface area contributed by atoms with Gasteiger partial charge in [-0.15, -0.1) is 0 Å². The molecule has 0 radical (unpaired) electrons. The summed E-state index contributed by atoms with van der Waals surface area (Å²) in [6.07, 6.45) is 3.08. The summed E-state index contributed by atoms with van der Waals surface area (Å²) in [5.41, 5.74) is 3.56. The van der Waals surface area contributed by atoms with Gasteiger partial charge in [-0.25, -0.2) is 0 Å². The average molecular weight is 288 g/mol. The van der Waals surface area contributed by atoms with Crippen LogP contribution in [0.25, 0.3) is 0 Å². The molecule has 3 rings (SSSR count). The lowest BCUT2D eigenvalue weighted by Gasteiger charge is -2.33. The highest BCUT2D eigenvalue weighted by Gasteiger charge is 2.27. The van der Waals surface area contributed by atoms with Crippen molar-refractivity contribution >= 4 is 5.91 Å². The van der Waals surface area contributed by atoms with Gasteiger partial charge in [0.1, 0.15) is 0 Å². The van der Waals surface area contributed by atoms with E-state index in [9.17, 15) is 4.79 Å². The summed E-state index contributed by atoms with van der Waals surface area (Å²) < 4.78 is 5.40. The number of hydrogen-bond acceptors (Lipinski definition) is 3. The van der Waals surface area contributed by atoms with Crippen LogP contribution in [0, 0.1) is 5.41 Å². The Hall–Kier alpha value is -1.39. The van der Waals surface area contributed by atoms with Crippen LogP contribution in [-0.2, 0) is 17.7 Å². The average Bonchev–Trinajstić information content (AvgIpc) is 2.53. The number of amides is 1. The van der Waals surface area contributed by atoms with Gasteiger partial charge in [-0.05, 0) is 54.5 Å². The second kappa shape index (κ2) is 6.16. The lowest BCUT2D eigenvalue weighted by atomic mass is 9.82. The first-order valence-electron chi connectivity index (χ1n) is 7.85. The maximum Gasteiger partial charge on any atom is 0.251 e. The fourth-order valence-corrected chi connectivity index (χ4v) is 3.06. The van der Waals surface area contributed by atoms with Crippen molar-refractivity contribution in [3.8, 4) is 0 Å². The maximum atomic E-state index is 12.4. The highest BCUT2D eigenvalue weighted by Crippen LogP contribution is 2.28. The van der Waals surface area contributed by atoms with Crippen LogP contribution in [0.2, 0.25) is 0 Å². The molecule has 1 aromatic rings. The zero-order valence-corrected chi connectivity index (χ0v) is 12.7. The Morgan fingerprint density at radius 2 is 2.14 bits per heavy atom. The van der Waals surface area contributed by atoms with Gasteiger partial charge in [0.25, 0.3) is 5.91 Å². The van der Waals surface area contributed by atoms with Crippen LogP contribution in [0.1, 0.15) is 41.3 Å². The third-order valence-electron chi connectivity index (χ3n) is 4.73. The quantitative estimate of drug-likeness (QED) is 0.893. The van der Waals surface area contributed by atoms with Gasteiger partial charge >= 0.3 is 0 Å². The highest BCUT2D eigenvalue weighted by atomic mass is 16.5. The molecule has 0 bridgehead atoms. The van der Waals surface area contributed by atoms with E-state index in [0.717, 1.165) is 57.7 Å². The zero-order chi connectivity index (χ0) is 14.7. The minimum atomic E-state index is 0.0380. The van der Waals surface area contributed by atoms with Gasteiger partial charge < -0.3 is 15.4 Å². The molecule has 1 amide bonds. The van der Waals surface area contributed by atoms with Gasteiger partial charge in [0.2, 0.25) is 0 Å². The number of hydrogen-bond donors (Lipinski definition) is 2. The number of ether oxygens (including phenoxy) is 1. The molecular formula is C17H24N2O2. The molecule has 4 heteroatoms. The van der Waals surface area contributed by atoms with Gasteiger partial charge in [-0.3, -0.25) is 4.79 Å². The summed E-state index contributed by atoms with van der Waals surface area (Å²) in [6.45, 7) is 6.45. The van der Waals surface area contributed by atoms with Crippen LogP contribution >= 0.6 is 0 Å². The van der Waals surface area contributed by atoms with Crippen LogP contribution in [0.4, 0.5) is 0 Å². The molecule has 2 heterocycles. The Morgan fingerprint density at radius 3 is 2.95 bits per heavy atom. The van der Waals surface area contributed by atoms with E-state index in [-0.39, 0.29) is 11.3 Å². The van der Waals surface area contributed by atoms with Crippen molar-refractivity contribution in [2.75, 3.05) is 26.3 Å². The normalized spacial score (nSPS) is 20.6. The number of nitrogens with one attached hydrogen (secondary N) is 2. The molecule has 0 atom stereocenters. The molecule has 1 saturated heterocycles. The van der Waals surface area contributed by atoms with Crippen LogP contribution in [0.15, 0.2) is 18.2 Å². The highest BCUT2D eigenvalue weighted by molar-refractivity contribution is 5.94. The fourth-order valence-electron chi connectivity index (χ4n) is 3.06. The first-order chi connectivity index (χ1) is 10.2. The minimum Gasteiger partial charge on any atom is -0.381 e. The van der Waals surface area contributed by atoms with E-state index in [4.69, 9.17) is 4.74 Å². The standard InChI is InChI=1S/C17H24N2O2/c1-17(5-8-21-9-6-17)12-19-16(20)14-3-2-13-4-7-18-11-15(13)10-14/h2-3,10,18H,4-9,11-12H2,1H3,(H,19,20). The van der Waals surface area contributed by atoms with E-state index < -0.39 is 0 Å². The Balaban J connectivity index is 1.62. The third-order valence-corrected chi connectivity index (χ3v) is 4.73. The molecule has 2 aliphatic rings. The van der Waals surface area contributed by atoms with Gasteiger partial charge in [0, 0.05) is 31.9 Å². The molecular weight excluding hydrogens is 264 g/mol. The van der Waals surface area contributed by atoms with E-state index >= 15 is 0 Å². The van der Waals surface area contributed by atoms with Gasteiger partial charge in [-0.1, -0.05) is 13.0 Å². The summed E-state index contributed by atoms with van der Waals surface area (Å²) in [4.78, 5) is 12.4. The van der Waals surface area contributed by atoms with Gasteiger partial charge in [0.05, 0.1) is 0 Å². The monoisotopic (exact) mass is 288 g/mol. The second-order valence-electron chi connectivity index (χ2n) is 6.52. The van der Waals surface area contributed by atoms with Crippen molar-refractivity contribution < 1.29 is 9.53 Å². The first kappa shape index (κ1) is 14.5. The summed E-state index contributed by atoms with van der Waals surface area (Å²) in [7, 11) is 0. The molecule has 114 valence electrons. The molecule has 1 aromatic carbocycles. The third kappa shape index (κ3) is 3.44. The summed E-state index contributed by atoms with van der Waals surface area (Å²) in [6, 6.07) is 6.08. The molecule has 1 fully saturated rings. The Bertz CT molecular complexity index is 522. The summed E-state index contributed by atoms with van der Waals surface area (Å²) in [5, 5.41) is 6.45. The SMILES string of the molecule is CC1(CNC(=O)c2ccc3c(c2)CNCC3)CCOCC1. The zero-order valence-electron chi connectivity index (χ0n) is 12.7. The smallest absolute Gasteiger partial charge is 0.251 e. The number of benzene rings is 1. The van der Waals surface area contributed by atoms with Crippen molar-refractivity contribution in [1.82, 2.24) is 10.6 Å². The lowest BCUT2D eigenvalue weighted by molar-refractivity contribution is 0.0238. The molecule has 4 nitrogen and oxygen atoms in total. The molecule has 0 unspecified atom stereocenters. The van der Waals surface area contributed by atoms with E-state index in [1.165, 1.54) is 11.1 Å². The van der Waals surface area contributed by atoms with E-state index in [2.05, 4.69) is 23.6 Å².